The van der Waals surface area contributed by atoms with Crippen LogP contribution in [0.4, 0.5) is 0 Å². The van der Waals surface area contributed by atoms with E-state index in [0.29, 0.717) is 10.6 Å². The second-order valence-electron chi connectivity index (χ2n) is 3.67. The summed E-state index contributed by atoms with van der Waals surface area (Å²) in [6.45, 7) is 2.01. The molecule has 0 aliphatic rings. The maximum Gasteiger partial charge on any atom is 0.0998 e. The number of halogens is 1. The summed E-state index contributed by atoms with van der Waals surface area (Å²) < 4.78 is 0. The van der Waals surface area contributed by atoms with Crippen LogP contribution in [0.3, 0.4) is 0 Å². The van der Waals surface area contributed by atoms with Crippen LogP contribution in [0.1, 0.15) is 11.1 Å². The summed E-state index contributed by atoms with van der Waals surface area (Å²) in [4.78, 5) is 0. The first-order valence-electron chi connectivity index (χ1n) is 4.97. The van der Waals surface area contributed by atoms with E-state index in [4.69, 9.17) is 16.9 Å². The molecule has 0 N–H and O–H groups in total. The van der Waals surface area contributed by atoms with Crippen LogP contribution in [0.5, 0.6) is 0 Å². The van der Waals surface area contributed by atoms with E-state index >= 15 is 0 Å². The molecule has 0 bridgehead atoms. The van der Waals surface area contributed by atoms with E-state index in [0.717, 1.165) is 16.7 Å². The molecule has 0 fully saturated rings. The third kappa shape index (κ3) is 2.08. The van der Waals surface area contributed by atoms with Gasteiger partial charge in [-0.15, -0.1) is 0 Å². The first kappa shape index (κ1) is 10.7. The van der Waals surface area contributed by atoms with Crippen molar-refractivity contribution in [3.63, 3.8) is 0 Å². The summed E-state index contributed by atoms with van der Waals surface area (Å²) >= 11 is 5.95. The Labute approximate surface area is 99.9 Å². The van der Waals surface area contributed by atoms with Gasteiger partial charge in [0.15, 0.2) is 0 Å². The molecule has 0 aliphatic carbocycles. The molecule has 0 unspecified atom stereocenters. The van der Waals surface area contributed by atoms with Crippen LogP contribution in [0.25, 0.3) is 11.1 Å². The highest BCUT2D eigenvalue weighted by atomic mass is 35.5. The highest BCUT2D eigenvalue weighted by Gasteiger charge is 2.05. The zero-order valence-corrected chi connectivity index (χ0v) is 9.62. The van der Waals surface area contributed by atoms with Crippen molar-refractivity contribution in [3.8, 4) is 17.2 Å². The molecule has 0 saturated carbocycles. The van der Waals surface area contributed by atoms with Gasteiger partial charge in [-0.1, -0.05) is 41.4 Å². The van der Waals surface area contributed by atoms with Crippen molar-refractivity contribution in [2.75, 3.05) is 0 Å². The molecule has 78 valence electrons. The number of benzene rings is 2. The molecule has 0 radical (unpaired) electrons. The quantitative estimate of drug-likeness (QED) is 0.717. The molecule has 2 aromatic carbocycles. The maximum atomic E-state index is 9.06. The van der Waals surface area contributed by atoms with Gasteiger partial charge in [0.25, 0.3) is 0 Å². The molecule has 2 rings (SSSR count). The van der Waals surface area contributed by atoms with Crippen LogP contribution in [0.15, 0.2) is 42.5 Å². The molecule has 0 spiro atoms. The summed E-state index contributed by atoms with van der Waals surface area (Å²) in [6.07, 6.45) is 0. The Bertz CT molecular complexity index is 567. The number of aryl methyl sites for hydroxylation is 1. The van der Waals surface area contributed by atoms with E-state index in [9.17, 15) is 0 Å². The van der Waals surface area contributed by atoms with Gasteiger partial charge in [-0.2, -0.15) is 5.26 Å². The van der Waals surface area contributed by atoms with Gasteiger partial charge < -0.3 is 0 Å². The Kier molecular flexibility index (Phi) is 2.94. The summed E-state index contributed by atoms with van der Waals surface area (Å²) in [5.74, 6) is 0. The molecule has 0 aliphatic heterocycles. The van der Waals surface area contributed by atoms with Crippen molar-refractivity contribution in [3.05, 3.63) is 58.6 Å². The normalized spacial score (nSPS) is 9.81. The van der Waals surface area contributed by atoms with E-state index in [1.54, 1.807) is 0 Å². The Morgan fingerprint density at radius 3 is 2.62 bits per heavy atom. The van der Waals surface area contributed by atoms with Crippen LogP contribution in [0.2, 0.25) is 5.02 Å². The molecule has 0 atom stereocenters. The van der Waals surface area contributed by atoms with Gasteiger partial charge >= 0.3 is 0 Å². The lowest BCUT2D eigenvalue weighted by atomic mass is 9.98. The Morgan fingerprint density at radius 2 is 1.94 bits per heavy atom. The number of hydrogen-bond donors (Lipinski definition) is 0. The molecular weight excluding hydrogens is 218 g/mol. The number of rotatable bonds is 1. The zero-order chi connectivity index (χ0) is 11.5. The lowest BCUT2D eigenvalue weighted by molar-refractivity contribution is 1.42. The molecule has 0 amide bonds. The average molecular weight is 228 g/mol. The number of hydrogen-bond acceptors (Lipinski definition) is 1. The molecule has 1 nitrogen and oxygen atoms in total. The van der Waals surface area contributed by atoms with Crippen LogP contribution in [-0.2, 0) is 0 Å². The third-order valence-electron chi connectivity index (χ3n) is 2.43. The van der Waals surface area contributed by atoms with Crippen molar-refractivity contribution < 1.29 is 0 Å². The molecule has 2 heteroatoms. The van der Waals surface area contributed by atoms with Gasteiger partial charge in [0.05, 0.1) is 11.6 Å². The summed E-state index contributed by atoms with van der Waals surface area (Å²) in [5.41, 5.74) is 3.72. The lowest BCUT2D eigenvalue weighted by Gasteiger charge is -2.05. The molecule has 16 heavy (non-hydrogen) atoms. The third-order valence-corrected chi connectivity index (χ3v) is 2.67. The topological polar surface area (TPSA) is 23.8 Å². The monoisotopic (exact) mass is 227 g/mol. The van der Waals surface area contributed by atoms with Crippen molar-refractivity contribution in [1.82, 2.24) is 0 Å². The first-order chi connectivity index (χ1) is 7.70. The fraction of sp³-hybridized carbons (Fsp3) is 0.0714. The molecule has 0 aromatic heterocycles. The highest BCUT2D eigenvalue weighted by molar-refractivity contribution is 6.30. The zero-order valence-electron chi connectivity index (χ0n) is 8.87. The SMILES string of the molecule is Cc1ccc(C#N)c(-c2cccc(Cl)c2)c1. The van der Waals surface area contributed by atoms with Crippen LogP contribution in [-0.4, -0.2) is 0 Å². The minimum atomic E-state index is 0.674. The molecule has 0 saturated heterocycles. The van der Waals surface area contributed by atoms with Gasteiger partial charge in [0, 0.05) is 5.02 Å². The smallest absolute Gasteiger partial charge is 0.0998 e. The minimum absolute atomic E-state index is 0.674. The first-order valence-corrected chi connectivity index (χ1v) is 5.35. The summed E-state index contributed by atoms with van der Waals surface area (Å²) in [5, 5.41) is 9.74. The van der Waals surface area contributed by atoms with E-state index in [1.165, 1.54) is 0 Å². The minimum Gasteiger partial charge on any atom is -0.192 e. The van der Waals surface area contributed by atoms with Crippen LogP contribution < -0.4 is 0 Å². The van der Waals surface area contributed by atoms with E-state index in [1.807, 2.05) is 49.4 Å². The van der Waals surface area contributed by atoms with Gasteiger partial charge in [0.1, 0.15) is 0 Å². The molecule has 0 heterocycles. The van der Waals surface area contributed by atoms with Crippen molar-refractivity contribution in [2.45, 2.75) is 6.92 Å². The van der Waals surface area contributed by atoms with E-state index in [-0.39, 0.29) is 0 Å². The van der Waals surface area contributed by atoms with Crippen molar-refractivity contribution in [1.29, 1.82) is 5.26 Å². The Hall–Kier alpha value is -1.78. The van der Waals surface area contributed by atoms with Crippen LogP contribution in [0, 0.1) is 18.3 Å². The summed E-state index contributed by atoms with van der Waals surface area (Å²) in [6, 6.07) is 15.5. The number of nitriles is 1. The van der Waals surface area contributed by atoms with Crippen molar-refractivity contribution in [2.24, 2.45) is 0 Å². The van der Waals surface area contributed by atoms with Crippen molar-refractivity contribution >= 4 is 11.6 Å². The van der Waals surface area contributed by atoms with E-state index < -0.39 is 0 Å². The van der Waals surface area contributed by atoms with Gasteiger partial charge in [-0.05, 0) is 36.2 Å². The Morgan fingerprint density at radius 1 is 1.12 bits per heavy atom. The predicted molar refractivity (Wildman–Crippen MR) is 66.3 cm³/mol. The molecular formula is C14H10ClN. The maximum absolute atomic E-state index is 9.06. The van der Waals surface area contributed by atoms with Gasteiger partial charge in [0.2, 0.25) is 0 Å². The fourth-order valence-corrected chi connectivity index (χ4v) is 1.84. The lowest BCUT2D eigenvalue weighted by Crippen LogP contribution is -1.85. The summed E-state index contributed by atoms with van der Waals surface area (Å²) in [7, 11) is 0. The predicted octanol–water partition coefficient (Wildman–Crippen LogP) is 4.19. The van der Waals surface area contributed by atoms with Gasteiger partial charge in [-0.3, -0.25) is 0 Å². The largest absolute Gasteiger partial charge is 0.192 e. The second kappa shape index (κ2) is 4.38. The Balaban J connectivity index is 2.64. The average Bonchev–Trinajstić information content (AvgIpc) is 2.29. The standard InChI is InChI=1S/C14H10ClN/c1-10-5-6-12(9-16)14(7-10)11-3-2-4-13(15)8-11/h2-8H,1H3. The van der Waals surface area contributed by atoms with Gasteiger partial charge in [-0.25, -0.2) is 0 Å². The van der Waals surface area contributed by atoms with E-state index in [2.05, 4.69) is 6.07 Å². The second-order valence-corrected chi connectivity index (χ2v) is 4.11. The van der Waals surface area contributed by atoms with Crippen LogP contribution >= 0.6 is 11.6 Å². The highest BCUT2D eigenvalue weighted by Crippen LogP contribution is 2.26. The fourth-order valence-electron chi connectivity index (χ4n) is 1.65. The number of nitrogens with zero attached hydrogens (tertiary/aromatic N) is 1. The molecule has 2 aromatic rings.